The van der Waals surface area contributed by atoms with Crippen LogP contribution in [0.3, 0.4) is 0 Å². The van der Waals surface area contributed by atoms with Gasteiger partial charge in [-0.05, 0) is 48.2 Å². The average molecular weight is 458 g/mol. The van der Waals surface area contributed by atoms with Gasteiger partial charge in [0.2, 0.25) is 0 Å². The van der Waals surface area contributed by atoms with Crippen molar-refractivity contribution in [2.75, 3.05) is 6.26 Å². The lowest BCUT2D eigenvalue weighted by atomic mass is 9.84. The van der Waals surface area contributed by atoms with Crippen LogP contribution in [-0.4, -0.2) is 16.5 Å². The molecule has 0 radical (unpaired) electrons. The molecule has 3 aromatic carbocycles. The third kappa shape index (κ3) is 3.47. The van der Waals surface area contributed by atoms with E-state index in [1.54, 1.807) is 60.7 Å². The van der Waals surface area contributed by atoms with E-state index in [2.05, 4.69) is 0 Å². The van der Waals surface area contributed by atoms with Crippen LogP contribution >= 0.6 is 11.8 Å². The molecule has 2 N–H and O–H groups in total. The van der Waals surface area contributed by atoms with Gasteiger partial charge in [-0.1, -0.05) is 36.4 Å². The van der Waals surface area contributed by atoms with Crippen LogP contribution in [0, 0.1) is 0 Å². The van der Waals surface area contributed by atoms with Crippen LogP contribution in [0.1, 0.15) is 22.6 Å². The van der Waals surface area contributed by atoms with Crippen LogP contribution < -0.4 is 11.3 Å². The molecule has 2 heterocycles. The Bertz CT molecular complexity index is 1520. The first-order chi connectivity index (χ1) is 16.0. The Hall–Kier alpha value is -3.97. The molecule has 0 bridgehead atoms. The van der Waals surface area contributed by atoms with Gasteiger partial charge in [0, 0.05) is 4.90 Å². The van der Waals surface area contributed by atoms with Gasteiger partial charge in [-0.2, -0.15) is 0 Å². The molecule has 33 heavy (non-hydrogen) atoms. The number of fused-ring (bicyclic) bond motifs is 2. The summed E-state index contributed by atoms with van der Waals surface area (Å²) in [5.41, 5.74) is -0.963. The van der Waals surface area contributed by atoms with Crippen molar-refractivity contribution in [2.24, 2.45) is 0 Å². The van der Waals surface area contributed by atoms with E-state index in [0.717, 1.165) is 4.90 Å². The first kappa shape index (κ1) is 20.9. The molecule has 0 aliphatic carbocycles. The summed E-state index contributed by atoms with van der Waals surface area (Å²) in [5, 5.41) is 22.9. The molecule has 2 aromatic heterocycles. The third-order valence-electron chi connectivity index (χ3n) is 5.67. The second-order valence-electron chi connectivity index (χ2n) is 7.50. The molecule has 5 rings (SSSR count). The molecule has 0 amide bonds. The van der Waals surface area contributed by atoms with Gasteiger partial charge in [0.1, 0.15) is 22.7 Å². The van der Waals surface area contributed by atoms with E-state index in [4.69, 9.17) is 8.83 Å². The second-order valence-corrected chi connectivity index (χ2v) is 8.38. The highest BCUT2D eigenvalue weighted by Crippen LogP contribution is 2.42. The van der Waals surface area contributed by atoms with Crippen molar-refractivity contribution in [3.8, 4) is 11.5 Å². The molecular weight excluding hydrogens is 440 g/mol. The number of hydrogen-bond acceptors (Lipinski definition) is 7. The topological polar surface area (TPSA) is 101 Å². The van der Waals surface area contributed by atoms with Crippen LogP contribution in [0.15, 0.2) is 96.1 Å². The summed E-state index contributed by atoms with van der Waals surface area (Å²) in [6.07, 6.45) is 1.93. The Morgan fingerprint density at radius 3 is 1.61 bits per heavy atom. The number of aromatic hydroxyl groups is 2. The van der Waals surface area contributed by atoms with E-state index < -0.39 is 17.2 Å². The average Bonchev–Trinajstić information content (AvgIpc) is 2.83. The molecular formula is C26H18O6S. The van der Waals surface area contributed by atoms with Crippen molar-refractivity contribution in [1.29, 1.82) is 0 Å². The standard InChI is InChI=1S/C26H18O6S/c1-33-15-12-10-14(11-13-15)20(21-23(27)16-6-2-4-8-18(16)31-25(21)29)22-24(28)17-7-3-5-9-19(17)32-26(22)30/h2-13,20,27-28H,1H3. The fourth-order valence-electron chi connectivity index (χ4n) is 4.08. The summed E-state index contributed by atoms with van der Waals surface area (Å²) in [6.45, 7) is 0. The molecule has 0 unspecified atom stereocenters. The lowest BCUT2D eigenvalue weighted by molar-refractivity contribution is 0.441. The molecule has 0 spiro atoms. The predicted octanol–water partition coefficient (Wildman–Crippen LogP) is 5.21. The van der Waals surface area contributed by atoms with E-state index >= 15 is 0 Å². The van der Waals surface area contributed by atoms with Gasteiger partial charge >= 0.3 is 11.3 Å². The van der Waals surface area contributed by atoms with E-state index in [0.29, 0.717) is 16.3 Å². The van der Waals surface area contributed by atoms with E-state index in [-0.39, 0.29) is 33.8 Å². The molecule has 0 atom stereocenters. The summed E-state index contributed by atoms with van der Waals surface area (Å²) in [5.74, 6) is -1.75. The Labute approximate surface area is 191 Å². The van der Waals surface area contributed by atoms with Gasteiger partial charge in [-0.3, -0.25) is 0 Å². The van der Waals surface area contributed by atoms with Gasteiger partial charge in [-0.25, -0.2) is 9.59 Å². The monoisotopic (exact) mass is 458 g/mol. The molecule has 0 saturated heterocycles. The van der Waals surface area contributed by atoms with Crippen molar-refractivity contribution < 1.29 is 19.0 Å². The molecule has 0 aliphatic heterocycles. The second kappa shape index (κ2) is 8.18. The van der Waals surface area contributed by atoms with Gasteiger partial charge in [0.15, 0.2) is 0 Å². The molecule has 6 nitrogen and oxygen atoms in total. The zero-order valence-corrected chi connectivity index (χ0v) is 18.3. The quantitative estimate of drug-likeness (QED) is 0.281. The summed E-state index contributed by atoms with van der Waals surface area (Å²) in [6, 6.07) is 20.3. The van der Waals surface area contributed by atoms with Crippen molar-refractivity contribution in [3.63, 3.8) is 0 Å². The highest BCUT2D eigenvalue weighted by Gasteiger charge is 2.32. The van der Waals surface area contributed by atoms with E-state index in [9.17, 15) is 19.8 Å². The third-order valence-corrected chi connectivity index (χ3v) is 6.41. The molecule has 7 heteroatoms. The Balaban J connectivity index is 1.89. The maximum atomic E-state index is 13.1. The fraction of sp³-hybridized carbons (Fsp3) is 0.0769. The van der Waals surface area contributed by atoms with Gasteiger partial charge < -0.3 is 19.0 Å². The maximum Gasteiger partial charge on any atom is 0.344 e. The molecule has 164 valence electrons. The molecule has 0 aliphatic rings. The van der Waals surface area contributed by atoms with Crippen molar-refractivity contribution >= 4 is 33.7 Å². The first-order valence-corrected chi connectivity index (χ1v) is 11.4. The Morgan fingerprint density at radius 2 is 1.15 bits per heavy atom. The lowest BCUT2D eigenvalue weighted by Gasteiger charge is -2.20. The summed E-state index contributed by atoms with van der Waals surface area (Å²) in [7, 11) is 0. The van der Waals surface area contributed by atoms with Gasteiger partial charge in [-0.15, -0.1) is 11.8 Å². The zero-order valence-electron chi connectivity index (χ0n) is 17.4. The number of rotatable bonds is 4. The van der Waals surface area contributed by atoms with E-state index in [1.807, 2.05) is 18.4 Å². The predicted molar refractivity (Wildman–Crippen MR) is 127 cm³/mol. The minimum absolute atomic E-state index is 0.150. The highest BCUT2D eigenvalue weighted by molar-refractivity contribution is 7.98. The smallest absolute Gasteiger partial charge is 0.344 e. The minimum Gasteiger partial charge on any atom is -0.507 e. The van der Waals surface area contributed by atoms with Crippen LogP contribution in [-0.2, 0) is 0 Å². The highest BCUT2D eigenvalue weighted by atomic mass is 32.2. The van der Waals surface area contributed by atoms with Gasteiger partial charge in [0.05, 0.1) is 27.8 Å². The van der Waals surface area contributed by atoms with Crippen LogP contribution in [0.4, 0.5) is 0 Å². The largest absolute Gasteiger partial charge is 0.507 e. The Kier molecular flexibility index (Phi) is 5.18. The number of benzene rings is 3. The number of hydrogen-bond donors (Lipinski definition) is 2. The fourth-order valence-corrected chi connectivity index (χ4v) is 4.49. The van der Waals surface area contributed by atoms with E-state index in [1.165, 1.54) is 11.8 Å². The summed E-state index contributed by atoms with van der Waals surface area (Å²) < 4.78 is 11.0. The zero-order chi connectivity index (χ0) is 23.1. The number of thioether (sulfide) groups is 1. The minimum atomic E-state index is -1.12. The summed E-state index contributed by atoms with van der Waals surface area (Å²) in [4.78, 5) is 27.2. The molecule has 0 saturated carbocycles. The number of para-hydroxylation sites is 2. The van der Waals surface area contributed by atoms with Crippen LogP contribution in [0.25, 0.3) is 21.9 Å². The Morgan fingerprint density at radius 1 is 0.697 bits per heavy atom. The van der Waals surface area contributed by atoms with Crippen molar-refractivity contribution in [1.82, 2.24) is 0 Å². The maximum absolute atomic E-state index is 13.1. The molecule has 0 fully saturated rings. The SMILES string of the molecule is CSc1ccc(C(c2c(O)c3ccccc3oc2=O)c2c(O)c3ccccc3oc2=O)cc1. The van der Waals surface area contributed by atoms with Crippen LogP contribution in [0.5, 0.6) is 11.5 Å². The summed E-state index contributed by atoms with van der Waals surface area (Å²) >= 11 is 1.54. The van der Waals surface area contributed by atoms with Crippen LogP contribution in [0.2, 0.25) is 0 Å². The van der Waals surface area contributed by atoms with Crippen molar-refractivity contribution in [2.45, 2.75) is 10.8 Å². The first-order valence-electron chi connectivity index (χ1n) is 10.1. The van der Waals surface area contributed by atoms with Gasteiger partial charge in [0.25, 0.3) is 0 Å². The van der Waals surface area contributed by atoms with Crippen molar-refractivity contribution in [3.05, 3.63) is 110 Å². The normalized spacial score (nSPS) is 11.5. The molecule has 5 aromatic rings. The lowest BCUT2D eigenvalue weighted by Crippen LogP contribution is -2.21.